The van der Waals surface area contributed by atoms with Crippen LogP contribution in [0.3, 0.4) is 0 Å². The zero-order valence-electron chi connectivity index (χ0n) is 18.3. The van der Waals surface area contributed by atoms with Crippen LogP contribution in [0, 0.1) is 11.8 Å². The summed E-state index contributed by atoms with van der Waals surface area (Å²) in [6.45, 7) is 4.49. The van der Waals surface area contributed by atoms with Crippen molar-refractivity contribution in [2.45, 2.75) is 84.0 Å². The number of benzene rings is 2. The van der Waals surface area contributed by atoms with Gasteiger partial charge in [0, 0.05) is 5.56 Å². The molecule has 0 N–H and O–H groups in total. The summed E-state index contributed by atoms with van der Waals surface area (Å²) in [4.78, 5) is 0. The lowest BCUT2D eigenvalue weighted by atomic mass is 9.84. The second kappa shape index (κ2) is 11.7. The maximum absolute atomic E-state index is 3.42. The molecule has 0 radical (unpaired) electrons. The van der Waals surface area contributed by atoms with Crippen molar-refractivity contribution in [2.75, 3.05) is 0 Å². The molecule has 29 heavy (non-hydrogen) atoms. The number of unbranched alkanes of at least 4 members (excludes halogenated alkanes) is 3. The highest BCUT2D eigenvalue weighted by atomic mass is 14.2. The molecule has 0 bridgehead atoms. The Labute approximate surface area is 178 Å². The average Bonchev–Trinajstić information content (AvgIpc) is 2.77. The normalized spacial score (nSPS) is 16.1. The van der Waals surface area contributed by atoms with Crippen LogP contribution in [-0.2, 0) is 12.8 Å². The molecule has 0 fully saturated rings. The Morgan fingerprint density at radius 1 is 0.759 bits per heavy atom. The summed E-state index contributed by atoms with van der Waals surface area (Å²) >= 11 is 0. The Morgan fingerprint density at radius 3 is 2.14 bits per heavy atom. The summed E-state index contributed by atoms with van der Waals surface area (Å²) in [5.74, 6) is 7.43. The predicted octanol–water partition coefficient (Wildman–Crippen LogP) is 8.01. The van der Waals surface area contributed by atoms with Gasteiger partial charge in [0.2, 0.25) is 0 Å². The monoisotopic (exact) mass is 384 g/mol. The maximum Gasteiger partial charge on any atom is 0.0249 e. The molecule has 2 aromatic carbocycles. The largest absolute Gasteiger partial charge is 0.0723 e. The van der Waals surface area contributed by atoms with Crippen LogP contribution in [-0.4, -0.2) is 0 Å². The Kier molecular flexibility index (Phi) is 8.63. The summed E-state index contributed by atoms with van der Waals surface area (Å²) in [5, 5.41) is 0. The van der Waals surface area contributed by atoms with Crippen LogP contribution in [0.25, 0.3) is 0 Å². The summed E-state index contributed by atoms with van der Waals surface area (Å²) in [5.41, 5.74) is 6.84. The van der Waals surface area contributed by atoms with Crippen molar-refractivity contribution in [3.8, 4) is 11.8 Å². The summed E-state index contributed by atoms with van der Waals surface area (Å²) in [7, 11) is 0. The molecular weight excluding hydrogens is 348 g/mol. The summed E-state index contributed by atoms with van der Waals surface area (Å²) in [6, 6.07) is 18.2. The molecule has 1 atom stereocenters. The average molecular weight is 385 g/mol. The van der Waals surface area contributed by atoms with Crippen molar-refractivity contribution in [3.63, 3.8) is 0 Å². The first-order chi connectivity index (χ1) is 14.3. The molecule has 0 spiro atoms. The first-order valence-electron chi connectivity index (χ1n) is 11.7. The highest BCUT2D eigenvalue weighted by molar-refractivity contribution is 5.42. The Hall–Kier alpha value is -2.26. The predicted molar refractivity (Wildman–Crippen MR) is 126 cm³/mol. The van der Waals surface area contributed by atoms with Gasteiger partial charge < -0.3 is 0 Å². The van der Waals surface area contributed by atoms with Crippen LogP contribution in [0.1, 0.15) is 93.4 Å². The topological polar surface area (TPSA) is 0 Å². The minimum absolute atomic E-state index is 0.656. The molecule has 0 amide bonds. The van der Waals surface area contributed by atoms with Crippen molar-refractivity contribution in [2.24, 2.45) is 0 Å². The smallest absolute Gasteiger partial charge is 0.0249 e. The van der Waals surface area contributed by atoms with Crippen molar-refractivity contribution >= 4 is 0 Å². The number of allylic oxidation sites excluding steroid dienone is 2. The lowest BCUT2D eigenvalue weighted by Gasteiger charge is -2.20. The van der Waals surface area contributed by atoms with Gasteiger partial charge in [-0.05, 0) is 78.8 Å². The second-order valence-corrected chi connectivity index (χ2v) is 8.45. The Bertz CT molecular complexity index is 824. The van der Waals surface area contributed by atoms with Crippen molar-refractivity contribution in [1.82, 2.24) is 0 Å². The zero-order chi connectivity index (χ0) is 20.3. The Morgan fingerprint density at radius 2 is 1.48 bits per heavy atom. The van der Waals surface area contributed by atoms with Crippen LogP contribution >= 0.6 is 0 Å². The van der Waals surface area contributed by atoms with Crippen LogP contribution in [0.2, 0.25) is 0 Å². The van der Waals surface area contributed by atoms with E-state index in [1.165, 1.54) is 67.2 Å². The first-order valence-corrected chi connectivity index (χ1v) is 11.7. The van der Waals surface area contributed by atoms with Crippen LogP contribution in [0.5, 0.6) is 0 Å². The lowest BCUT2D eigenvalue weighted by molar-refractivity contribution is 0.607. The molecule has 1 aliphatic carbocycles. The van der Waals surface area contributed by atoms with Gasteiger partial charge in [-0.1, -0.05) is 93.8 Å². The third-order valence-electron chi connectivity index (χ3n) is 6.04. The van der Waals surface area contributed by atoms with E-state index in [-0.39, 0.29) is 0 Å². The van der Waals surface area contributed by atoms with Crippen LogP contribution in [0.15, 0.2) is 60.2 Å². The minimum Gasteiger partial charge on any atom is -0.0723 e. The molecule has 1 unspecified atom stereocenters. The van der Waals surface area contributed by atoms with Gasteiger partial charge in [0.05, 0.1) is 0 Å². The second-order valence-electron chi connectivity index (χ2n) is 8.45. The van der Waals surface area contributed by atoms with E-state index < -0.39 is 0 Å². The van der Waals surface area contributed by atoms with Gasteiger partial charge in [0.15, 0.2) is 0 Å². The molecule has 0 saturated heterocycles. The molecule has 0 heteroatoms. The van der Waals surface area contributed by atoms with E-state index in [2.05, 4.69) is 80.3 Å². The van der Waals surface area contributed by atoms with E-state index in [9.17, 15) is 0 Å². The molecule has 3 rings (SSSR count). The van der Waals surface area contributed by atoms with Gasteiger partial charge in [-0.3, -0.25) is 0 Å². The fourth-order valence-corrected chi connectivity index (χ4v) is 4.16. The third-order valence-corrected chi connectivity index (χ3v) is 6.04. The van der Waals surface area contributed by atoms with Gasteiger partial charge in [0.25, 0.3) is 0 Å². The minimum atomic E-state index is 0.656. The fourth-order valence-electron chi connectivity index (χ4n) is 4.16. The van der Waals surface area contributed by atoms with E-state index in [0.717, 1.165) is 24.8 Å². The molecule has 0 aliphatic heterocycles. The lowest BCUT2D eigenvalue weighted by Crippen LogP contribution is -2.04. The number of rotatable bonds is 8. The fraction of sp³-hybridized carbons (Fsp3) is 0.448. The van der Waals surface area contributed by atoms with Gasteiger partial charge in [0.1, 0.15) is 0 Å². The third kappa shape index (κ3) is 6.93. The van der Waals surface area contributed by atoms with Gasteiger partial charge in [-0.25, -0.2) is 0 Å². The summed E-state index contributed by atoms with van der Waals surface area (Å²) in [6.07, 6.45) is 14.7. The molecular formula is C29H36. The zero-order valence-corrected chi connectivity index (χ0v) is 18.3. The standard InChI is InChI=1S/C29H36/c1-3-5-6-7-9-25-16-20-28(21-17-25)29-22-18-27(19-23-29)15-14-26-12-10-24(8-4-2)11-13-26/h10-13,16-18,20-21,29H,3-9,19,22-23H2,1-2H3. The number of aryl methyl sites for hydroxylation is 2. The maximum atomic E-state index is 3.42. The first kappa shape index (κ1) is 21.4. The van der Waals surface area contributed by atoms with Crippen molar-refractivity contribution < 1.29 is 0 Å². The highest BCUT2D eigenvalue weighted by Crippen LogP contribution is 2.32. The van der Waals surface area contributed by atoms with Crippen LogP contribution < -0.4 is 0 Å². The van der Waals surface area contributed by atoms with Gasteiger partial charge in [-0.2, -0.15) is 0 Å². The van der Waals surface area contributed by atoms with Crippen molar-refractivity contribution in [1.29, 1.82) is 0 Å². The molecule has 0 aromatic heterocycles. The number of hydrogen-bond donors (Lipinski definition) is 0. The molecule has 2 aromatic rings. The number of hydrogen-bond acceptors (Lipinski definition) is 0. The SMILES string of the molecule is CCCCCCc1ccc(C2CC=C(C#Cc3ccc(CCC)cc3)CC2)cc1. The quantitative estimate of drug-likeness (QED) is 0.319. The van der Waals surface area contributed by atoms with E-state index >= 15 is 0 Å². The molecule has 0 saturated carbocycles. The van der Waals surface area contributed by atoms with Crippen LogP contribution in [0.4, 0.5) is 0 Å². The molecule has 0 nitrogen and oxygen atoms in total. The van der Waals surface area contributed by atoms with Crippen molar-refractivity contribution in [3.05, 3.63) is 82.4 Å². The Balaban J connectivity index is 1.51. The van der Waals surface area contributed by atoms with E-state index in [0.29, 0.717) is 5.92 Å². The van der Waals surface area contributed by atoms with E-state index in [4.69, 9.17) is 0 Å². The summed E-state index contributed by atoms with van der Waals surface area (Å²) < 4.78 is 0. The molecule has 0 heterocycles. The molecule has 152 valence electrons. The van der Waals surface area contributed by atoms with E-state index in [1.54, 1.807) is 0 Å². The van der Waals surface area contributed by atoms with E-state index in [1.807, 2.05) is 0 Å². The molecule has 1 aliphatic rings. The van der Waals surface area contributed by atoms with Gasteiger partial charge in [-0.15, -0.1) is 0 Å². The van der Waals surface area contributed by atoms with Gasteiger partial charge >= 0.3 is 0 Å². The highest BCUT2D eigenvalue weighted by Gasteiger charge is 2.15.